The van der Waals surface area contributed by atoms with E-state index in [2.05, 4.69) is 4.98 Å². The molecule has 4 heterocycles. The number of nitrogens with zero attached hydrogens (tertiary/aromatic N) is 2. The van der Waals surface area contributed by atoms with Crippen molar-refractivity contribution in [2.24, 2.45) is 0 Å². The monoisotopic (exact) mass is 370 g/mol. The Balaban J connectivity index is 1.58. The molecule has 0 aliphatic heterocycles. The van der Waals surface area contributed by atoms with Crippen molar-refractivity contribution < 1.29 is 13.6 Å². The van der Waals surface area contributed by atoms with Gasteiger partial charge in [-0.25, -0.2) is 4.98 Å². The summed E-state index contributed by atoms with van der Waals surface area (Å²) in [5, 5.41) is 6.67. The maximum atomic E-state index is 13.0. The van der Waals surface area contributed by atoms with Crippen LogP contribution >= 0.6 is 22.7 Å². The van der Waals surface area contributed by atoms with Crippen LogP contribution < -0.4 is 0 Å². The molecular weight excluding hydrogens is 356 g/mol. The molecule has 7 heteroatoms. The Labute approximate surface area is 152 Å². The average Bonchev–Trinajstić information content (AvgIpc) is 3.41. The third-order valence-electron chi connectivity index (χ3n) is 3.63. The highest BCUT2D eigenvalue weighted by Crippen LogP contribution is 2.26. The van der Waals surface area contributed by atoms with Crippen molar-refractivity contribution in [3.63, 3.8) is 0 Å². The average molecular weight is 370 g/mol. The van der Waals surface area contributed by atoms with Gasteiger partial charge < -0.3 is 13.7 Å². The fourth-order valence-electron chi connectivity index (χ4n) is 2.43. The zero-order valence-corrected chi connectivity index (χ0v) is 14.8. The molecule has 4 aromatic heterocycles. The van der Waals surface area contributed by atoms with Crippen molar-refractivity contribution in [3.05, 3.63) is 76.2 Å². The van der Waals surface area contributed by atoms with E-state index in [1.54, 1.807) is 34.1 Å². The van der Waals surface area contributed by atoms with Crippen LogP contribution in [0.2, 0.25) is 0 Å². The molecule has 0 unspecified atom stereocenters. The number of thiophene rings is 1. The zero-order chi connectivity index (χ0) is 17.1. The molecule has 0 aliphatic carbocycles. The molecule has 5 nitrogen and oxygen atoms in total. The number of amides is 1. The van der Waals surface area contributed by atoms with E-state index < -0.39 is 0 Å². The predicted molar refractivity (Wildman–Crippen MR) is 96.4 cm³/mol. The first-order chi connectivity index (χ1) is 12.3. The van der Waals surface area contributed by atoms with Crippen LogP contribution in [0.15, 0.2) is 67.8 Å². The van der Waals surface area contributed by atoms with E-state index in [1.807, 2.05) is 41.1 Å². The van der Waals surface area contributed by atoms with E-state index in [0.29, 0.717) is 30.3 Å². The molecule has 0 radical (unpaired) electrons. The Morgan fingerprint density at radius 1 is 1.04 bits per heavy atom. The molecule has 0 saturated heterocycles. The molecule has 1 amide bonds. The van der Waals surface area contributed by atoms with E-state index in [0.717, 1.165) is 10.6 Å². The van der Waals surface area contributed by atoms with Gasteiger partial charge in [-0.1, -0.05) is 0 Å². The zero-order valence-electron chi connectivity index (χ0n) is 13.1. The van der Waals surface area contributed by atoms with Crippen LogP contribution in [0, 0.1) is 0 Å². The summed E-state index contributed by atoms with van der Waals surface area (Å²) in [4.78, 5) is 19.1. The predicted octanol–water partition coefficient (Wildman–Crippen LogP) is 4.90. The molecule has 25 heavy (non-hydrogen) atoms. The van der Waals surface area contributed by atoms with Crippen LogP contribution in [0.25, 0.3) is 10.6 Å². The highest BCUT2D eigenvalue weighted by atomic mass is 32.1. The van der Waals surface area contributed by atoms with Gasteiger partial charge in [-0.05, 0) is 35.7 Å². The normalized spacial score (nSPS) is 10.9. The molecule has 4 rings (SSSR count). The molecule has 0 atom stereocenters. The van der Waals surface area contributed by atoms with E-state index in [1.165, 1.54) is 11.3 Å². The van der Waals surface area contributed by atoms with Gasteiger partial charge in [0.05, 0.1) is 25.6 Å². The second kappa shape index (κ2) is 7.08. The highest BCUT2D eigenvalue weighted by molar-refractivity contribution is 7.14. The number of furan rings is 2. The molecule has 0 fully saturated rings. The first kappa shape index (κ1) is 15.9. The highest BCUT2D eigenvalue weighted by Gasteiger charge is 2.21. The molecule has 4 aromatic rings. The van der Waals surface area contributed by atoms with Gasteiger partial charge in [0.1, 0.15) is 22.2 Å². The Bertz CT molecular complexity index is 889. The summed E-state index contributed by atoms with van der Waals surface area (Å²) < 4.78 is 10.8. The Kier molecular flexibility index (Phi) is 4.49. The minimum atomic E-state index is -0.148. The number of carbonyl (C=O) groups excluding carboxylic acids is 1. The van der Waals surface area contributed by atoms with Crippen molar-refractivity contribution in [2.75, 3.05) is 0 Å². The maximum absolute atomic E-state index is 13.0. The van der Waals surface area contributed by atoms with E-state index >= 15 is 0 Å². The molecule has 0 spiro atoms. The molecular formula is C18H14N2O3S2. The summed E-state index contributed by atoms with van der Waals surface area (Å²) >= 11 is 3.08. The van der Waals surface area contributed by atoms with Crippen LogP contribution in [0.1, 0.15) is 22.0 Å². The molecule has 0 saturated carbocycles. The smallest absolute Gasteiger partial charge is 0.274 e. The molecule has 0 aliphatic rings. The summed E-state index contributed by atoms with van der Waals surface area (Å²) in [5.74, 6) is 1.28. The quantitative estimate of drug-likeness (QED) is 0.484. The molecule has 0 N–H and O–H groups in total. The largest absolute Gasteiger partial charge is 0.467 e. The molecule has 0 bridgehead atoms. The van der Waals surface area contributed by atoms with Gasteiger partial charge >= 0.3 is 0 Å². The van der Waals surface area contributed by atoms with Gasteiger partial charge in [0.25, 0.3) is 5.91 Å². The maximum Gasteiger partial charge on any atom is 0.274 e. The lowest BCUT2D eigenvalue weighted by molar-refractivity contribution is 0.0700. The SMILES string of the molecule is O=C(c1csc(-c2ccsc2)n1)N(Cc1ccco1)Cc1ccco1. The lowest BCUT2D eigenvalue weighted by Crippen LogP contribution is -2.30. The first-order valence-corrected chi connectivity index (χ1v) is 9.44. The molecule has 0 aromatic carbocycles. The van der Waals surface area contributed by atoms with Crippen molar-refractivity contribution in [3.8, 4) is 10.6 Å². The number of rotatable bonds is 6. The number of hydrogen-bond acceptors (Lipinski definition) is 6. The van der Waals surface area contributed by atoms with Gasteiger partial charge in [-0.3, -0.25) is 4.79 Å². The van der Waals surface area contributed by atoms with Crippen LogP contribution in [-0.4, -0.2) is 15.8 Å². The van der Waals surface area contributed by atoms with Crippen molar-refractivity contribution in [1.82, 2.24) is 9.88 Å². The van der Waals surface area contributed by atoms with Crippen LogP contribution in [-0.2, 0) is 13.1 Å². The number of aromatic nitrogens is 1. The Hall–Kier alpha value is -2.64. The van der Waals surface area contributed by atoms with E-state index in [9.17, 15) is 4.79 Å². The minimum Gasteiger partial charge on any atom is -0.467 e. The third-order valence-corrected chi connectivity index (χ3v) is 5.21. The number of thiazole rings is 1. The van der Waals surface area contributed by atoms with Gasteiger partial charge in [0.2, 0.25) is 0 Å². The van der Waals surface area contributed by atoms with Gasteiger partial charge in [0, 0.05) is 16.3 Å². The van der Waals surface area contributed by atoms with E-state index in [-0.39, 0.29) is 5.91 Å². The van der Waals surface area contributed by atoms with Crippen LogP contribution in [0.3, 0.4) is 0 Å². The lowest BCUT2D eigenvalue weighted by atomic mass is 10.3. The second-order valence-corrected chi connectivity index (χ2v) is 7.01. The fraction of sp³-hybridized carbons (Fsp3) is 0.111. The summed E-state index contributed by atoms with van der Waals surface area (Å²) in [5.41, 5.74) is 1.47. The minimum absolute atomic E-state index is 0.148. The Morgan fingerprint density at radius 2 is 1.76 bits per heavy atom. The van der Waals surface area contributed by atoms with Crippen molar-refractivity contribution in [1.29, 1.82) is 0 Å². The number of carbonyl (C=O) groups is 1. The summed E-state index contributed by atoms with van der Waals surface area (Å²) in [6, 6.07) is 9.31. The summed E-state index contributed by atoms with van der Waals surface area (Å²) in [6.07, 6.45) is 3.20. The third kappa shape index (κ3) is 3.57. The first-order valence-electron chi connectivity index (χ1n) is 7.62. The standard InChI is InChI=1S/C18H14N2O3S2/c21-18(16-12-25-17(19-16)13-5-8-24-11-13)20(9-14-3-1-6-22-14)10-15-4-2-7-23-15/h1-8,11-12H,9-10H2. The van der Waals surface area contributed by atoms with Crippen molar-refractivity contribution >= 4 is 28.6 Å². The second-order valence-electron chi connectivity index (χ2n) is 5.37. The van der Waals surface area contributed by atoms with Gasteiger partial charge in [-0.15, -0.1) is 11.3 Å². The Morgan fingerprint density at radius 3 is 2.32 bits per heavy atom. The van der Waals surface area contributed by atoms with Gasteiger partial charge in [0.15, 0.2) is 0 Å². The lowest BCUT2D eigenvalue weighted by Gasteiger charge is -2.19. The van der Waals surface area contributed by atoms with E-state index in [4.69, 9.17) is 8.83 Å². The number of hydrogen-bond donors (Lipinski definition) is 0. The van der Waals surface area contributed by atoms with Crippen LogP contribution in [0.4, 0.5) is 0 Å². The molecule has 126 valence electrons. The topological polar surface area (TPSA) is 59.5 Å². The van der Waals surface area contributed by atoms with Crippen molar-refractivity contribution in [2.45, 2.75) is 13.1 Å². The van der Waals surface area contributed by atoms with Gasteiger partial charge in [-0.2, -0.15) is 11.3 Å². The summed E-state index contributed by atoms with van der Waals surface area (Å²) in [6.45, 7) is 0.718. The van der Waals surface area contributed by atoms with Crippen LogP contribution in [0.5, 0.6) is 0 Å². The summed E-state index contributed by atoms with van der Waals surface area (Å²) in [7, 11) is 0. The fourth-order valence-corrected chi connectivity index (χ4v) is 3.94.